The van der Waals surface area contributed by atoms with Gasteiger partial charge in [0.2, 0.25) is 5.91 Å². The van der Waals surface area contributed by atoms with E-state index in [-0.39, 0.29) is 23.5 Å². The fourth-order valence-electron chi connectivity index (χ4n) is 6.17. The molecule has 3 fully saturated rings. The number of benzene rings is 1. The lowest BCUT2D eigenvalue weighted by atomic mass is 9.76. The average Bonchev–Trinajstić information content (AvgIpc) is 3.35. The van der Waals surface area contributed by atoms with E-state index in [0.717, 1.165) is 63.8 Å². The zero-order chi connectivity index (χ0) is 22.0. The summed E-state index contributed by atoms with van der Waals surface area (Å²) in [4.78, 5) is 29.8. The third-order valence-electron chi connectivity index (χ3n) is 8.08. The number of nitrogens with one attached hydrogen (secondary N) is 1. The van der Waals surface area contributed by atoms with Gasteiger partial charge in [0.25, 0.3) is 0 Å². The minimum atomic E-state index is -0.272. The van der Waals surface area contributed by atoms with Crippen molar-refractivity contribution in [3.63, 3.8) is 0 Å². The number of hydrogen-bond donors (Lipinski definition) is 1. The molecule has 4 aliphatic rings. The standard InChI is InChI=1S/C26H37N3O3/c30-24(28-14-6-7-15-28)18-20-19-26(32-23-11-5-4-10-22(20)23)12-16-29(17-13-26)25(31)27-21-8-2-1-3-9-21/h4-5,10-11,20-21H,1-3,6-9,12-19H2,(H,27,31). The Balaban J connectivity index is 1.24. The van der Waals surface area contributed by atoms with E-state index in [1.807, 2.05) is 28.0 Å². The molecule has 3 amide bonds. The molecule has 1 atom stereocenters. The number of fused-ring (bicyclic) bond motifs is 1. The van der Waals surface area contributed by atoms with E-state index in [1.54, 1.807) is 0 Å². The van der Waals surface area contributed by atoms with E-state index in [9.17, 15) is 9.59 Å². The summed E-state index contributed by atoms with van der Waals surface area (Å²) in [5, 5.41) is 3.26. The van der Waals surface area contributed by atoms with Gasteiger partial charge in [0, 0.05) is 57.4 Å². The normalized spacial score (nSPS) is 25.3. The Morgan fingerprint density at radius 2 is 1.66 bits per heavy atom. The van der Waals surface area contributed by atoms with Crippen molar-refractivity contribution in [3.05, 3.63) is 29.8 Å². The predicted octanol–water partition coefficient (Wildman–Crippen LogP) is 4.44. The molecule has 1 spiro atoms. The van der Waals surface area contributed by atoms with E-state index in [2.05, 4.69) is 11.4 Å². The second-order valence-electron chi connectivity index (χ2n) is 10.3. The van der Waals surface area contributed by atoms with Gasteiger partial charge >= 0.3 is 6.03 Å². The van der Waals surface area contributed by atoms with Gasteiger partial charge in [0.1, 0.15) is 11.4 Å². The number of rotatable bonds is 3. The van der Waals surface area contributed by atoms with Crippen LogP contribution in [0.3, 0.4) is 0 Å². The lowest BCUT2D eigenvalue weighted by Crippen LogP contribution is -2.55. The van der Waals surface area contributed by atoms with Gasteiger partial charge in [-0.2, -0.15) is 0 Å². The van der Waals surface area contributed by atoms with Crippen molar-refractivity contribution in [1.82, 2.24) is 15.1 Å². The van der Waals surface area contributed by atoms with E-state index in [1.165, 1.54) is 24.8 Å². The molecule has 1 aromatic rings. The van der Waals surface area contributed by atoms with Gasteiger partial charge in [-0.25, -0.2) is 4.79 Å². The van der Waals surface area contributed by atoms with Crippen molar-refractivity contribution in [2.24, 2.45) is 0 Å². The molecule has 3 heterocycles. The number of amides is 3. The van der Waals surface area contributed by atoms with Crippen LogP contribution < -0.4 is 10.1 Å². The van der Waals surface area contributed by atoms with Gasteiger partial charge in [-0.1, -0.05) is 37.5 Å². The number of urea groups is 1. The van der Waals surface area contributed by atoms with E-state index >= 15 is 0 Å². The molecule has 2 saturated heterocycles. The highest BCUT2D eigenvalue weighted by atomic mass is 16.5. The molecule has 32 heavy (non-hydrogen) atoms. The largest absolute Gasteiger partial charge is 0.487 e. The van der Waals surface area contributed by atoms with Gasteiger partial charge in [0.05, 0.1) is 0 Å². The van der Waals surface area contributed by atoms with Crippen LogP contribution in [0.4, 0.5) is 4.79 Å². The molecule has 0 bridgehead atoms. The summed E-state index contributed by atoms with van der Waals surface area (Å²) in [6.45, 7) is 3.24. The molecular formula is C26H37N3O3. The number of carbonyl (C=O) groups excluding carboxylic acids is 2. The highest BCUT2D eigenvalue weighted by Gasteiger charge is 2.44. The minimum absolute atomic E-state index is 0.0868. The molecule has 1 unspecified atom stereocenters. The predicted molar refractivity (Wildman–Crippen MR) is 124 cm³/mol. The first-order valence-electron chi connectivity index (χ1n) is 12.7. The summed E-state index contributed by atoms with van der Waals surface area (Å²) in [6.07, 6.45) is 11.3. The summed E-state index contributed by atoms with van der Waals surface area (Å²) >= 11 is 0. The molecule has 5 rings (SSSR count). The van der Waals surface area contributed by atoms with Crippen molar-refractivity contribution in [1.29, 1.82) is 0 Å². The highest BCUT2D eigenvalue weighted by molar-refractivity contribution is 5.77. The Labute approximate surface area is 191 Å². The molecule has 1 saturated carbocycles. The van der Waals surface area contributed by atoms with Gasteiger partial charge in [-0.05, 0) is 43.7 Å². The van der Waals surface area contributed by atoms with Crippen molar-refractivity contribution in [2.45, 2.75) is 88.2 Å². The summed E-state index contributed by atoms with van der Waals surface area (Å²) in [6, 6.07) is 8.66. The summed E-state index contributed by atoms with van der Waals surface area (Å²) < 4.78 is 6.59. The fraction of sp³-hybridized carbons (Fsp3) is 0.692. The van der Waals surface area contributed by atoms with Crippen LogP contribution in [0.2, 0.25) is 0 Å². The number of nitrogens with zero attached hydrogens (tertiary/aromatic N) is 2. The first-order chi connectivity index (χ1) is 15.6. The lowest BCUT2D eigenvalue weighted by Gasteiger charge is -2.47. The van der Waals surface area contributed by atoms with Crippen LogP contribution in [0, 0.1) is 0 Å². The maximum Gasteiger partial charge on any atom is 0.317 e. The number of para-hydroxylation sites is 1. The highest BCUT2D eigenvalue weighted by Crippen LogP contribution is 2.46. The van der Waals surface area contributed by atoms with Crippen LogP contribution in [-0.4, -0.2) is 59.6 Å². The molecular weight excluding hydrogens is 402 g/mol. The van der Waals surface area contributed by atoms with Crippen molar-refractivity contribution in [3.8, 4) is 5.75 Å². The maximum atomic E-state index is 12.9. The molecule has 1 aliphatic carbocycles. The van der Waals surface area contributed by atoms with Crippen LogP contribution in [0.5, 0.6) is 5.75 Å². The average molecular weight is 440 g/mol. The van der Waals surface area contributed by atoms with Crippen molar-refractivity contribution >= 4 is 11.9 Å². The van der Waals surface area contributed by atoms with E-state index in [0.29, 0.717) is 25.6 Å². The quantitative estimate of drug-likeness (QED) is 0.757. The SMILES string of the molecule is O=C(CC1CC2(CCN(C(=O)NC3CCCCC3)CC2)Oc2ccccc21)N1CCCC1. The summed E-state index contributed by atoms with van der Waals surface area (Å²) in [5.74, 6) is 1.40. The lowest BCUT2D eigenvalue weighted by molar-refractivity contribution is -0.131. The Hall–Kier alpha value is -2.24. The first-order valence-corrected chi connectivity index (χ1v) is 12.7. The molecule has 174 valence electrons. The third-order valence-corrected chi connectivity index (χ3v) is 8.08. The Morgan fingerprint density at radius 1 is 0.938 bits per heavy atom. The monoisotopic (exact) mass is 439 g/mol. The van der Waals surface area contributed by atoms with Crippen LogP contribution >= 0.6 is 0 Å². The van der Waals surface area contributed by atoms with Gasteiger partial charge in [-0.3, -0.25) is 4.79 Å². The summed E-state index contributed by atoms with van der Waals surface area (Å²) in [5.41, 5.74) is 0.898. The van der Waals surface area contributed by atoms with Crippen molar-refractivity contribution < 1.29 is 14.3 Å². The first kappa shape index (κ1) is 21.6. The number of hydrogen-bond acceptors (Lipinski definition) is 3. The molecule has 0 radical (unpaired) electrons. The third kappa shape index (κ3) is 4.60. The van der Waals surface area contributed by atoms with Crippen LogP contribution in [-0.2, 0) is 4.79 Å². The van der Waals surface area contributed by atoms with Crippen LogP contribution in [0.15, 0.2) is 24.3 Å². The molecule has 6 nitrogen and oxygen atoms in total. The molecule has 1 N–H and O–H groups in total. The van der Waals surface area contributed by atoms with E-state index in [4.69, 9.17) is 4.74 Å². The Bertz CT molecular complexity index is 821. The van der Waals surface area contributed by atoms with Gasteiger partial charge in [-0.15, -0.1) is 0 Å². The molecule has 3 aliphatic heterocycles. The van der Waals surface area contributed by atoms with Crippen LogP contribution in [0.1, 0.15) is 82.1 Å². The fourth-order valence-corrected chi connectivity index (χ4v) is 6.17. The summed E-state index contributed by atoms with van der Waals surface area (Å²) in [7, 11) is 0. The van der Waals surface area contributed by atoms with E-state index < -0.39 is 0 Å². The minimum Gasteiger partial charge on any atom is -0.487 e. The molecule has 1 aromatic carbocycles. The van der Waals surface area contributed by atoms with Gasteiger partial charge < -0.3 is 19.9 Å². The number of likely N-dealkylation sites (tertiary alicyclic amines) is 2. The smallest absolute Gasteiger partial charge is 0.317 e. The second-order valence-corrected chi connectivity index (χ2v) is 10.3. The van der Waals surface area contributed by atoms with Gasteiger partial charge in [0.15, 0.2) is 0 Å². The Morgan fingerprint density at radius 3 is 2.41 bits per heavy atom. The number of piperidine rings is 1. The zero-order valence-electron chi connectivity index (χ0n) is 19.2. The number of ether oxygens (including phenoxy) is 1. The van der Waals surface area contributed by atoms with Crippen molar-refractivity contribution in [2.75, 3.05) is 26.2 Å². The molecule has 6 heteroatoms. The number of carbonyl (C=O) groups is 2. The van der Waals surface area contributed by atoms with Crippen LogP contribution in [0.25, 0.3) is 0 Å². The Kier molecular flexibility index (Phi) is 6.29. The zero-order valence-corrected chi connectivity index (χ0v) is 19.2. The molecule has 0 aromatic heterocycles. The second kappa shape index (κ2) is 9.32. The topological polar surface area (TPSA) is 61.9 Å². The maximum absolute atomic E-state index is 12.9.